The molecular weight excluding hydrogens is 432 g/mol. The molecule has 4 rings (SSSR count). The minimum absolute atomic E-state index is 0.00874. The topological polar surface area (TPSA) is 143 Å². The van der Waals surface area contributed by atoms with Crippen molar-refractivity contribution in [3.8, 4) is 0 Å². The number of aliphatic hydroxyl groups is 4. The summed E-state index contributed by atoms with van der Waals surface area (Å²) in [5, 5.41) is 40.1. The fraction of sp³-hybridized carbons (Fsp3) is 0.833. The van der Waals surface area contributed by atoms with Crippen LogP contribution in [0.2, 0.25) is 0 Å². The molecule has 186 valence electrons. The lowest BCUT2D eigenvalue weighted by Crippen LogP contribution is -2.60. The third-order valence-corrected chi connectivity index (χ3v) is 8.82. The van der Waals surface area contributed by atoms with E-state index >= 15 is 0 Å². The molecule has 9 heteroatoms. The average molecular weight is 469 g/mol. The molecule has 9 nitrogen and oxygen atoms in total. The monoisotopic (exact) mass is 468 g/mol. The zero-order valence-electron chi connectivity index (χ0n) is 19.5. The Morgan fingerprint density at radius 1 is 1.24 bits per heavy atom. The van der Waals surface area contributed by atoms with Crippen LogP contribution in [0.3, 0.4) is 0 Å². The maximum atomic E-state index is 12.7. The average Bonchev–Trinajstić information content (AvgIpc) is 3.11. The summed E-state index contributed by atoms with van der Waals surface area (Å²) in [6, 6.07) is 0. The number of hydrogen-bond donors (Lipinski definition) is 4. The Kier molecular flexibility index (Phi) is 6.76. The first-order chi connectivity index (χ1) is 15.5. The van der Waals surface area contributed by atoms with E-state index in [1.807, 2.05) is 0 Å². The van der Waals surface area contributed by atoms with E-state index in [2.05, 4.69) is 13.8 Å². The van der Waals surface area contributed by atoms with Gasteiger partial charge in [0.05, 0.1) is 12.7 Å². The Bertz CT molecular complexity index is 810. The van der Waals surface area contributed by atoms with Gasteiger partial charge < -0.3 is 39.4 Å². The van der Waals surface area contributed by atoms with E-state index in [4.69, 9.17) is 14.2 Å². The molecule has 33 heavy (non-hydrogen) atoms. The quantitative estimate of drug-likeness (QED) is 0.409. The van der Waals surface area contributed by atoms with Gasteiger partial charge in [0.1, 0.15) is 36.8 Å². The molecule has 0 aromatic rings. The first kappa shape index (κ1) is 24.8. The summed E-state index contributed by atoms with van der Waals surface area (Å²) in [4.78, 5) is 24.6. The van der Waals surface area contributed by atoms with Crippen molar-refractivity contribution in [3.05, 3.63) is 11.6 Å². The van der Waals surface area contributed by atoms with Crippen molar-refractivity contribution >= 4 is 11.8 Å². The van der Waals surface area contributed by atoms with Crippen LogP contribution in [0.25, 0.3) is 0 Å². The van der Waals surface area contributed by atoms with Gasteiger partial charge in [0.2, 0.25) is 0 Å². The van der Waals surface area contributed by atoms with Gasteiger partial charge in [0.15, 0.2) is 6.29 Å². The second-order valence-electron chi connectivity index (χ2n) is 10.6. The number of cyclic esters (lactones) is 1. The molecule has 0 amide bonds. The molecule has 10 atom stereocenters. The Labute approximate surface area is 193 Å². The smallest absolute Gasteiger partial charge is 0.334 e. The van der Waals surface area contributed by atoms with Gasteiger partial charge in [0, 0.05) is 17.4 Å². The second-order valence-corrected chi connectivity index (χ2v) is 10.6. The third-order valence-electron chi connectivity index (χ3n) is 8.82. The molecule has 4 N–H and O–H groups in total. The van der Waals surface area contributed by atoms with Gasteiger partial charge in [-0.25, -0.2) is 4.79 Å². The first-order valence-electron chi connectivity index (χ1n) is 11.9. The van der Waals surface area contributed by atoms with E-state index < -0.39 is 48.8 Å². The highest BCUT2D eigenvalue weighted by molar-refractivity contribution is 5.93. The second kappa shape index (κ2) is 9.02. The van der Waals surface area contributed by atoms with Gasteiger partial charge in [-0.2, -0.15) is 0 Å². The van der Waals surface area contributed by atoms with E-state index in [1.54, 1.807) is 13.0 Å². The molecule has 4 aliphatic rings. The lowest BCUT2D eigenvalue weighted by Gasteiger charge is -2.57. The van der Waals surface area contributed by atoms with E-state index in [9.17, 15) is 30.0 Å². The summed E-state index contributed by atoms with van der Waals surface area (Å²) in [5.74, 6) is 0.0953. The summed E-state index contributed by atoms with van der Waals surface area (Å²) >= 11 is 0. The lowest BCUT2D eigenvalue weighted by atomic mass is 9.46. The van der Waals surface area contributed by atoms with Gasteiger partial charge in [0.25, 0.3) is 0 Å². The van der Waals surface area contributed by atoms with Crippen LogP contribution >= 0.6 is 0 Å². The van der Waals surface area contributed by atoms with Crippen LogP contribution in [0.4, 0.5) is 0 Å². The van der Waals surface area contributed by atoms with Crippen molar-refractivity contribution < 1.29 is 44.2 Å². The van der Waals surface area contributed by atoms with Crippen LogP contribution in [0, 0.1) is 22.7 Å². The summed E-state index contributed by atoms with van der Waals surface area (Å²) in [5.41, 5.74) is -0.0759. The highest BCUT2D eigenvalue weighted by atomic mass is 16.7. The molecule has 0 unspecified atom stereocenters. The third kappa shape index (κ3) is 4.06. The molecule has 0 aromatic carbocycles. The number of Topliss-reactive ketones (excluding diaryl/α,β-unsaturated/α-hetero) is 1. The van der Waals surface area contributed by atoms with Crippen molar-refractivity contribution in [2.24, 2.45) is 22.7 Å². The fourth-order valence-electron chi connectivity index (χ4n) is 6.53. The predicted octanol–water partition coefficient (Wildman–Crippen LogP) is 0.466. The van der Waals surface area contributed by atoms with E-state index in [-0.39, 0.29) is 23.1 Å². The molecule has 0 radical (unpaired) electrons. The van der Waals surface area contributed by atoms with Gasteiger partial charge in [-0.1, -0.05) is 13.8 Å². The number of carbonyl (C=O) groups excluding carboxylic acids is 2. The number of esters is 1. The number of ketones is 1. The Morgan fingerprint density at radius 3 is 2.64 bits per heavy atom. The van der Waals surface area contributed by atoms with Crippen LogP contribution in [0.15, 0.2) is 11.6 Å². The minimum atomic E-state index is -1.54. The van der Waals surface area contributed by atoms with Gasteiger partial charge >= 0.3 is 5.97 Å². The van der Waals surface area contributed by atoms with Crippen LogP contribution in [-0.2, 0) is 23.8 Å². The molecule has 2 heterocycles. The van der Waals surface area contributed by atoms with Crippen LogP contribution in [0.5, 0.6) is 0 Å². The predicted molar refractivity (Wildman–Crippen MR) is 115 cm³/mol. The molecule has 1 saturated carbocycles. The highest BCUT2D eigenvalue weighted by Gasteiger charge is 2.62. The standard InChI is InChI=1S/C24H36O9/c1-12-4-7-24-11-31-21(30)15(24)8-14(9-17(24)23(12,3)6-5-13(2)26)32-22-20(29)19(28)18(27)16(10-25)33-22/h8,12,14,16-20,22,25,27-29H,4-7,9-11H2,1-3H3/t12-,14-,16-,17-,18-,19+,20-,22-,23-,24-/m1/s1. The number of ether oxygens (including phenoxy) is 3. The largest absolute Gasteiger partial charge is 0.461 e. The van der Waals surface area contributed by atoms with E-state index in [1.165, 1.54) is 0 Å². The Morgan fingerprint density at radius 2 is 1.97 bits per heavy atom. The van der Waals surface area contributed by atoms with Gasteiger partial charge in [-0.15, -0.1) is 0 Å². The van der Waals surface area contributed by atoms with Crippen LogP contribution in [0.1, 0.15) is 52.9 Å². The summed E-state index contributed by atoms with van der Waals surface area (Å²) in [7, 11) is 0. The van der Waals surface area contributed by atoms with Gasteiger partial charge in [-0.3, -0.25) is 0 Å². The fourth-order valence-corrected chi connectivity index (χ4v) is 6.53. The van der Waals surface area contributed by atoms with Crippen LogP contribution in [-0.4, -0.2) is 82.2 Å². The molecule has 2 aliphatic carbocycles. The first-order valence-corrected chi connectivity index (χ1v) is 11.9. The van der Waals surface area contributed by atoms with E-state index in [0.717, 1.165) is 12.8 Å². The zero-order valence-corrected chi connectivity index (χ0v) is 19.5. The normalized spacial score (nSPS) is 47.4. The molecular formula is C24H36O9. The minimum Gasteiger partial charge on any atom is -0.461 e. The van der Waals surface area contributed by atoms with Gasteiger partial charge in [-0.05, 0) is 55.9 Å². The van der Waals surface area contributed by atoms with Crippen molar-refractivity contribution in [2.75, 3.05) is 13.2 Å². The lowest BCUT2D eigenvalue weighted by molar-refractivity contribution is -0.310. The maximum absolute atomic E-state index is 12.7. The molecule has 2 saturated heterocycles. The zero-order chi connectivity index (χ0) is 24.1. The molecule has 0 bridgehead atoms. The number of aliphatic hydroxyl groups excluding tert-OH is 4. The molecule has 0 aromatic heterocycles. The molecule has 1 spiro atoms. The number of rotatable bonds is 6. The van der Waals surface area contributed by atoms with E-state index in [0.29, 0.717) is 37.4 Å². The SMILES string of the molecule is CC(=O)CC[C@]1(C)[C@H](C)CC[C@@]23COC(=O)C2=C[C@@H](O[C@@H]2O[C@H](CO)[C@@H](O)[C@H](O)[C@H]2O)C[C@@H]31. The number of carbonyl (C=O) groups is 2. The van der Waals surface area contributed by atoms with Crippen molar-refractivity contribution in [3.63, 3.8) is 0 Å². The van der Waals surface area contributed by atoms with Crippen molar-refractivity contribution in [1.29, 1.82) is 0 Å². The van der Waals surface area contributed by atoms with Crippen LogP contribution < -0.4 is 0 Å². The Balaban J connectivity index is 1.64. The molecule has 3 fully saturated rings. The highest BCUT2D eigenvalue weighted by Crippen LogP contribution is 2.64. The number of hydrogen-bond acceptors (Lipinski definition) is 9. The summed E-state index contributed by atoms with van der Waals surface area (Å²) in [6.45, 7) is 5.73. The Hall–Kier alpha value is -1.36. The van der Waals surface area contributed by atoms with Crippen molar-refractivity contribution in [1.82, 2.24) is 0 Å². The van der Waals surface area contributed by atoms with Crippen molar-refractivity contribution in [2.45, 2.75) is 89.7 Å². The summed E-state index contributed by atoms with van der Waals surface area (Å²) < 4.78 is 17.1. The maximum Gasteiger partial charge on any atom is 0.334 e. The summed E-state index contributed by atoms with van der Waals surface area (Å²) in [6.07, 6.45) is -2.30. The molecule has 2 aliphatic heterocycles.